The summed E-state index contributed by atoms with van der Waals surface area (Å²) >= 11 is 0. The zero-order valence-corrected chi connectivity index (χ0v) is 8.40. The van der Waals surface area contributed by atoms with E-state index in [1.54, 1.807) is 4.68 Å². The third-order valence-corrected chi connectivity index (χ3v) is 2.97. The van der Waals surface area contributed by atoms with Crippen LogP contribution >= 0.6 is 0 Å². The molecule has 1 saturated carbocycles. The minimum atomic E-state index is 0.499. The third-order valence-electron chi connectivity index (χ3n) is 2.97. The maximum absolute atomic E-state index is 8.90. The van der Waals surface area contributed by atoms with E-state index in [4.69, 9.17) is 5.26 Å². The highest BCUT2D eigenvalue weighted by atomic mass is 15.4. The van der Waals surface area contributed by atoms with Gasteiger partial charge < -0.3 is 0 Å². The Bertz CT molecular complexity index is 355. The molecule has 4 nitrogen and oxygen atoms in total. The molecule has 0 radical (unpaired) electrons. The molecule has 0 amide bonds. The van der Waals surface area contributed by atoms with Gasteiger partial charge in [0.2, 0.25) is 0 Å². The third kappa shape index (κ3) is 1.50. The topological polar surface area (TPSA) is 54.5 Å². The molecule has 0 spiro atoms. The molecule has 0 saturated heterocycles. The Kier molecular flexibility index (Phi) is 2.49. The first kappa shape index (κ1) is 9.20. The van der Waals surface area contributed by atoms with Gasteiger partial charge in [-0.2, -0.15) is 5.26 Å². The second-order valence-corrected chi connectivity index (χ2v) is 3.89. The normalized spacial score (nSPS) is 18.0. The molecule has 1 heterocycles. The van der Waals surface area contributed by atoms with Crippen molar-refractivity contribution in [3.63, 3.8) is 0 Å². The first-order chi connectivity index (χ1) is 6.83. The number of nitriles is 1. The van der Waals surface area contributed by atoms with E-state index in [1.807, 2.05) is 7.05 Å². The fourth-order valence-electron chi connectivity index (χ4n) is 2.28. The predicted molar refractivity (Wildman–Crippen MR) is 51.5 cm³/mol. The second kappa shape index (κ2) is 3.79. The number of hydrogen-bond acceptors (Lipinski definition) is 3. The number of aryl methyl sites for hydroxylation is 1. The summed E-state index contributed by atoms with van der Waals surface area (Å²) in [6, 6.07) is 2.12. The van der Waals surface area contributed by atoms with Gasteiger partial charge in [0.1, 0.15) is 6.07 Å². The molecule has 1 aromatic heterocycles. The maximum atomic E-state index is 8.90. The van der Waals surface area contributed by atoms with Crippen molar-refractivity contribution in [2.75, 3.05) is 0 Å². The van der Waals surface area contributed by atoms with Crippen LogP contribution in [0.5, 0.6) is 0 Å². The summed E-state index contributed by atoms with van der Waals surface area (Å²) in [5, 5.41) is 16.7. The highest BCUT2D eigenvalue weighted by Crippen LogP contribution is 2.33. The fraction of sp³-hybridized carbons (Fsp3) is 0.700. The molecule has 0 atom stereocenters. The largest absolute Gasteiger partial charge is 0.251 e. The molecule has 1 aliphatic rings. The molecule has 0 N–H and O–H groups in total. The zero-order valence-electron chi connectivity index (χ0n) is 8.40. The molecule has 0 bridgehead atoms. The molecular formula is C10H14N4. The average molecular weight is 190 g/mol. The minimum Gasteiger partial charge on any atom is -0.251 e. The first-order valence-electron chi connectivity index (χ1n) is 5.12. The molecule has 4 heteroatoms. The van der Waals surface area contributed by atoms with Gasteiger partial charge in [0.05, 0.1) is 5.69 Å². The molecule has 2 rings (SSSR count). The molecule has 1 aliphatic carbocycles. The van der Waals surface area contributed by atoms with Crippen LogP contribution in [0.4, 0.5) is 0 Å². The van der Waals surface area contributed by atoms with E-state index in [-0.39, 0.29) is 0 Å². The van der Waals surface area contributed by atoms with Gasteiger partial charge in [0.25, 0.3) is 0 Å². The van der Waals surface area contributed by atoms with Crippen molar-refractivity contribution in [2.24, 2.45) is 7.05 Å². The van der Waals surface area contributed by atoms with Crippen LogP contribution in [0.2, 0.25) is 0 Å². The highest BCUT2D eigenvalue weighted by Gasteiger charge is 2.22. The summed E-state index contributed by atoms with van der Waals surface area (Å²) in [6.45, 7) is 0. The fourth-order valence-corrected chi connectivity index (χ4v) is 2.28. The van der Waals surface area contributed by atoms with Crippen LogP contribution in [0, 0.1) is 11.3 Å². The number of nitrogens with zero attached hydrogens (tertiary/aromatic N) is 4. The summed E-state index contributed by atoms with van der Waals surface area (Å²) in [5.74, 6) is 0.499. The van der Waals surface area contributed by atoms with Crippen molar-refractivity contribution in [2.45, 2.75) is 38.0 Å². The molecule has 0 unspecified atom stereocenters. The van der Waals surface area contributed by atoms with Crippen LogP contribution in [0.1, 0.15) is 49.4 Å². The van der Waals surface area contributed by atoms with Gasteiger partial charge in [-0.1, -0.05) is 24.5 Å². The van der Waals surface area contributed by atoms with Crippen molar-refractivity contribution in [1.82, 2.24) is 15.0 Å². The van der Waals surface area contributed by atoms with Gasteiger partial charge in [-0.3, -0.25) is 4.68 Å². The lowest BCUT2D eigenvalue weighted by molar-refractivity contribution is 0.423. The lowest BCUT2D eigenvalue weighted by atomic mass is 9.86. The van der Waals surface area contributed by atoms with E-state index in [9.17, 15) is 0 Å². The molecule has 74 valence electrons. The van der Waals surface area contributed by atoms with Gasteiger partial charge in [0, 0.05) is 13.0 Å². The standard InChI is InChI=1S/C10H14N4/c1-14-10(9(7-11)12-13-14)8-5-3-2-4-6-8/h8H,2-6H2,1H3. The summed E-state index contributed by atoms with van der Waals surface area (Å²) in [5.41, 5.74) is 1.55. The quantitative estimate of drug-likeness (QED) is 0.677. The average Bonchev–Trinajstić information content (AvgIpc) is 2.61. The predicted octanol–water partition coefficient (Wildman–Crippen LogP) is 1.73. The van der Waals surface area contributed by atoms with E-state index < -0.39 is 0 Å². The number of rotatable bonds is 1. The van der Waals surface area contributed by atoms with Crippen molar-refractivity contribution < 1.29 is 0 Å². The molecule has 0 aliphatic heterocycles. The van der Waals surface area contributed by atoms with E-state index >= 15 is 0 Å². The maximum Gasteiger partial charge on any atom is 0.186 e. The van der Waals surface area contributed by atoms with Crippen LogP contribution in [0.3, 0.4) is 0 Å². The Hall–Kier alpha value is -1.37. The van der Waals surface area contributed by atoms with Crippen molar-refractivity contribution in [3.05, 3.63) is 11.4 Å². The molecule has 1 aromatic rings. The second-order valence-electron chi connectivity index (χ2n) is 3.89. The van der Waals surface area contributed by atoms with Gasteiger partial charge in [-0.15, -0.1) is 5.10 Å². The monoisotopic (exact) mass is 190 g/mol. The van der Waals surface area contributed by atoms with Gasteiger partial charge in [-0.05, 0) is 12.8 Å². The Morgan fingerprint density at radius 1 is 1.36 bits per heavy atom. The summed E-state index contributed by atoms with van der Waals surface area (Å²) in [6.07, 6.45) is 6.21. The number of aromatic nitrogens is 3. The van der Waals surface area contributed by atoms with Gasteiger partial charge in [-0.25, -0.2) is 0 Å². The smallest absolute Gasteiger partial charge is 0.186 e. The lowest BCUT2D eigenvalue weighted by Crippen LogP contribution is -2.10. The Morgan fingerprint density at radius 2 is 2.07 bits per heavy atom. The van der Waals surface area contributed by atoms with Crippen LogP contribution in [-0.4, -0.2) is 15.0 Å². The van der Waals surface area contributed by atoms with Crippen molar-refractivity contribution >= 4 is 0 Å². The summed E-state index contributed by atoms with van der Waals surface area (Å²) < 4.78 is 1.76. The Morgan fingerprint density at radius 3 is 2.71 bits per heavy atom. The SMILES string of the molecule is Cn1nnc(C#N)c1C1CCCCC1. The summed E-state index contributed by atoms with van der Waals surface area (Å²) in [7, 11) is 1.87. The summed E-state index contributed by atoms with van der Waals surface area (Å²) in [4.78, 5) is 0. The van der Waals surface area contributed by atoms with E-state index in [1.165, 1.54) is 32.1 Å². The minimum absolute atomic E-state index is 0.499. The van der Waals surface area contributed by atoms with Crippen LogP contribution in [-0.2, 0) is 7.05 Å². The molecule has 1 fully saturated rings. The first-order valence-corrected chi connectivity index (χ1v) is 5.12. The van der Waals surface area contributed by atoms with E-state index in [2.05, 4.69) is 16.4 Å². The lowest BCUT2D eigenvalue weighted by Gasteiger charge is -2.21. The van der Waals surface area contributed by atoms with Crippen molar-refractivity contribution in [3.8, 4) is 6.07 Å². The highest BCUT2D eigenvalue weighted by molar-refractivity contribution is 5.27. The van der Waals surface area contributed by atoms with Crippen molar-refractivity contribution in [1.29, 1.82) is 5.26 Å². The van der Waals surface area contributed by atoms with Crippen LogP contribution in [0.15, 0.2) is 0 Å². The Labute approximate surface area is 83.5 Å². The van der Waals surface area contributed by atoms with E-state index in [0.717, 1.165) is 5.69 Å². The van der Waals surface area contributed by atoms with Gasteiger partial charge in [0.15, 0.2) is 5.69 Å². The molecular weight excluding hydrogens is 176 g/mol. The molecule has 0 aromatic carbocycles. The van der Waals surface area contributed by atoms with Gasteiger partial charge >= 0.3 is 0 Å². The van der Waals surface area contributed by atoms with E-state index in [0.29, 0.717) is 11.6 Å². The molecule has 14 heavy (non-hydrogen) atoms. The Balaban J connectivity index is 2.29. The van der Waals surface area contributed by atoms with Crippen LogP contribution < -0.4 is 0 Å². The zero-order chi connectivity index (χ0) is 9.97. The van der Waals surface area contributed by atoms with Crippen LogP contribution in [0.25, 0.3) is 0 Å². The number of hydrogen-bond donors (Lipinski definition) is 0.